The number of rotatable bonds is 5. The highest BCUT2D eigenvalue weighted by Gasteiger charge is 2.34. The number of hydrazone groups is 1. The summed E-state index contributed by atoms with van der Waals surface area (Å²) in [5.74, 6) is 0. The van der Waals surface area contributed by atoms with E-state index >= 15 is 0 Å². The fourth-order valence-electron chi connectivity index (χ4n) is 1.96. The van der Waals surface area contributed by atoms with Gasteiger partial charge in [-0.1, -0.05) is 6.07 Å². The predicted octanol–water partition coefficient (Wildman–Crippen LogP) is 2.86. The third-order valence-corrected chi connectivity index (χ3v) is 3.06. The minimum absolute atomic E-state index is 0.0689. The monoisotopic (exact) mass is 326 g/mol. The van der Waals surface area contributed by atoms with Crippen molar-refractivity contribution in [2.45, 2.75) is 19.0 Å². The van der Waals surface area contributed by atoms with Crippen molar-refractivity contribution >= 4 is 17.5 Å². The van der Waals surface area contributed by atoms with Gasteiger partial charge in [-0.3, -0.25) is 0 Å². The van der Waals surface area contributed by atoms with Crippen molar-refractivity contribution in [2.75, 3.05) is 18.5 Å². The lowest BCUT2D eigenvalue weighted by Crippen LogP contribution is -2.30. The summed E-state index contributed by atoms with van der Waals surface area (Å²) in [4.78, 5) is 10.8. The molecule has 0 saturated heterocycles. The van der Waals surface area contributed by atoms with E-state index in [0.717, 1.165) is 6.07 Å². The van der Waals surface area contributed by atoms with Gasteiger partial charge < -0.3 is 10.1 Å². The number of anilines is 1. The fourth-order valence-corrected chi connectivity index (χ4v) is 1.96. The summed E-state index contributed by atoms with van der Waals surface area (Å²) >= 11 is 0. The van der Waals surface area contributed by atoms with E-state index < -0.39 is 17.8 Å². The van der Waals surface area contributed by atoms with Gasteiger partial charge in [0.1, 0.15) is 12.3 Å². The van der Waals surface area contributed by atoms with Gasteiger partial charge in [-0.15, -0.1) is 0 Å². The van der Waals surface area contributed by atoms with Gasteiger partial charge in [0.05, 0.1) is 11.6 Å². The topological polar surface area (TPSA) is 86.5 Å². The summed E-state index contributed by atoms with van der Waals surface area (Å²) in [7, 11) is 0. The van der Waals surface area contributed by atoms with Gasteiger partial charge in [-0.2, -0.15) is 23.5 Å². The Labute approximate surface area is 129 Å². The van der Waals surface area contributed by atoms with Gasteiger partial charge in [0.2, 0.25) is 0 Å². The molecule has 1 aliphatic rings. The van der Waals surface area contributed by atoms with Crippen LogP contribution >= 0.6 is 0 Å². The van der Waals surface area contributed by atoms with Gasteiger partial charge in [0.15, 0.2) is 0 Å². The number of hydrogen-bond donors (Lipinski definition) is 2. The summed E-state index contributed by atoms with van der Waals surface area (Å²) in [6, 6.07) is 5.63. The van der Waals surface area contributed by atoms with E-state index in [1.807, 2.05) is 6.07 Å². The number of benzene rings is 1. The van der Waals surface area contributed by atoms with E-state index in [-0.39, 0.29) is 36.5 Å². The van der Waals surface area contributed by atoms with Crippen LogP contribution in [0, 0.1) is 11.3 Å². The molecule has 0 fully saturated rings. The first-order chi connectivity index (χ1) is 10.9. The Hall–Kier alpha value is -2.76. The molecule has 0 aromatic heterocycles. The van der Waals surface area contributed by atoms with Gasteiger partial charge in [-0.05, 0) is 18.6 Å². The molecule has 1 amide bonds. The smallest absolute Gasteiger partial charge is 0.428 e. The standard InChI is InChI=1S/C14H13F3N4O2/c15-14(16,17)10-7-9(12-8-23-13(22)21-20-12)3-4-11(10)19-6-2-1-5-18/h3-4,7,19H,1-2,6,8H2,(H,21,22). The second-order valence-electron chi connectivity index (χ2n) is 4.69. The van der Waals surface area contributed by atoms with Crippen LogP contribution in [-0.2, 0) is 10.9 Å². The van der Waals surface area contributed by atoms with Crippen LogP contribution in [0.2, 0.25) is 0 Å². The van der Waals surface area contributed by atoms with Gasteiger partial charge in [0.25, 0.3) is 0 Å². The Morgan fingerprint density at radius 1 is 1.43 bits per heavy atom. The molecule has 6 nitrogen and oxygen atoms in total. The number of carbonyl (C=O) groups excluding carboxylic acids is 1. The van der Waals surface area contributed by atoms with Crippen LogP contribution in [0.15, 0.2) is 23.3 Å². The fraction of sp³-hybridized carbons (Fsp3) is 0.357. The lowest BCUT2D eigenvalue weighted by atomic mass is 10.0. The molecule has 1 aromatic rings. The molecular formula is C14H13F3N4O2. The Kier molecular flexibility index (Phi) is 5.05. The van der Waals surface area contributed by atoms with E-state index in [1.54, 1.807) is 0 Å². The first kappa shape index (κ1) is 16.6. The quantitative estimate of drug-likeness (QED) is 0.815. The molecule has 0 unspecified atom stereocenters. The molecule has 23 heavy (non-hydrogen) atoms. The normalized spacial score (nSPS) is 14.3. The maximum absolute atomic E-state index is 13.2. The van der Waals surface area contributed by atoms with Crippen molar-refractivity contribution in [3.8, 4) is 6.07 Å². The zero-order valence-electron chi connectivity index (χ0n) is 11.9. The molecule has 0 saturated carbocycles. The van der Waals surface area contributed by atoms with Crippen molar-refractivity contribution in [2.24, 2.45) is 5.10 Å². The molecule has 9 heteroatoms. The second-order valence-corrected chi connectivity index (χ2v) is 4.69. The first-order valence-electron chi connectivity index (χ1n) is 6.73. The van der Waals surface area contributed by atoms with Crippen molar-refractivity contribution in [1.29, 1.82) is 5.26 Å². The maximum Gasteiger partial charge on any atom is 0.428 e. The number of unbranched alkanes of at least 4 members (excludes halogenated alkanes) is 1. The lowest BCUT2D eigenvalue weighted by molar-refractivity contribution is -0.137. The van der Waals surface area contributed by atoms with Crippen molar-refractivity contribution < 1.29 is 22.7 Å². The van der Waals surface area contributed by atoms with Crippen molar-refractivity contribution in [3.05, 3.63) is 29.3 Å². The largest absolute Gasteiger partial charge is 0.442 e. The Bertz CT molecular complexity index is 665. The third kappa shape index (κ3) is 4.35. The van der Waals surface area contributed by atoms with Crippen molar-refractivity contribution in [3.63, 3.8) is 0 Å². The van der Waals surface area contributed by atoms with Crippen molar-refractivity contribution in [1.82, 2.24) is 5.43 Å². The third-order valence-electron chi connectivity index (χ3n) is 3.06. The van der Waals surface area contributed by atoms with E-state index in [4.69, 9.17) is 5.26 Å². The van der Waals surface area contributed by atoms with Gasteiger partial charge in [-0.25, -0.2) is 10.2 Å². The summed E-state index contributed by atoms with van der Waals surface area (Å²) < 4.78 is 44.3. The predicted molar refractivity (Wildman–Crippen MR) is 75.8 cm³/mol. The molecule has 2 N–H and O–H groups in total. The minimum Gasteiger partial charge on any atom is -0.442 e. The molecule has 1 aliphatic heterocycles. The first-order valence-corrected chi connectivity index (χ1v) is 6.73. The Balaban J connectivity index is 2.24. The molecule has 1 heterocycles. The molecule has 0 atom stereocenters. The number of nitriles is 1. The number of nitrogens with zero attached hydrogens (tertiary/aromatic N) is 2. The van der Waals surface area contributed by atoms with E-state index in [9.17, 15) is 18.0 Å². The van der Waals surface area contributed by atoms with Crippen LogP contribution in [0.1, 0.15) is 24.0 Å². The highest BCUT2D eigenvalue weighted by molar-refractivity contribution is 6.04. The van der Waals surface area contributed by atoms with E-state index in [2.05, 4.69) is 20.6 Å². The Morgan fingerprint density at radius 2 is 2.22 bits per heavy atom. The number of cyclic esters (lactones) is 1. The summed E-state index contributed by atoms with van der Waals surface area (Å²) in [5, 5.41) is 14.8. The van der Waals surface area contributed by atoms with Crippen LogP contribution in [0.5, 0.6) is 0 Å². The SMILES string of the molecule is N#CCCCNc1ccc(C2=NNC(=O)OC2)cc1C(F)(F)F. The highest BCUT2D eigenvalue weighted by Crippen LogP contribution is 2.35. The number of amides is 1. The number of alkyl halides is 3. The number of halogens is 3. The van der Waals surface area contributed by atoms with E-state index in [0.29, 0.717) is 6.42 Å². The summed E-state index contributed by atoms with van der Waals surface area (Å²) in [6.45, 7) is 0.0637. The summed E-state index contributed by atoms with van der Waals surface area (Å²) in [5.41, 5.74) is 1.55. The minimum atomic E-state index is -4.55. The zero-order chi connectivity index (χ0) is 16.9. The average Bonchev–Trinajstić information content (AvgIpc) is 2.51. The highest BCUT2D eigenvalue weighted by atomic mass is 19.4. The van der Waals surface area contributed by atoms with Crippen LogP contribution in [0.4, 0.5) is 23.7 Å². The molecule has 122 valence electrons. The van der Waals surface area contributed by atoms with Crippen LogP contribution < -0.4 is 10.7 Å². The Morgan fingerprint density at radius 3 is 2.83 bits per heavy atom. The molecule has 1 aromatic carbocycles. The molecule has 0 spiro atoms. The van der Waals surface area contributed by atoms with E-state index in [1.165, 1.54) is 12.1 Å². The zero-order valence-corrected chi connectivity index (χ0v) is 11.9. The van der Waals surface area contributed by atoms with Gasteiger partial charge >= 0.3 is 12.3 Å². The van der Waals surface area contributed by atoms with Crippen LogP contribution in [0.25, 0.3) is 0 Å². The number of carbonyl (C=O) groups is 1. The number of ether oxygens (including phenoxy) is 1. The summed E-state index contributed by atoms with van der Waals surface area (Å²) in [6.07, 6.45) is -4.59. The molecule has 0 bridgehead atoms. The molecule has 2 rings (SSSR count). The second kappa shape index (κ2) is 7.00. The molecule has 0 radical (unpaired) electrons. The molecule has 0 aliphatic carbocycles. The van der Waals surface area contributed by atoms with Crippen LogP contribution in [-0.4, -0.2) is 25.0 Å². The lowest BCUT2D eigenvalue weighted by Gasteiger charge is -2.18. The number of hydrogen-bond acceptors (Lipinski definition) is 5. The van der Waals surface area contributed by atoms with Crippen LogP contribution in [0.3, 0.4) is 0 Å². The number of nitrogens with one attached hydrogen (secondary N) is 2. The maximum atomic E-state index is 13.2. The van der Waals surface area contributed by atoms with Gasteiger partial charge in [0, 0.05) is 24.2 Å². The average molecular weight is 326 g/mol. The molecular weight excluding hydrogens is 313 g/mol.